The fraction of sp³-hybridized carbons (Fsp3) is 0.0385. The number of fused-ring (bicyclic) bond motifs is 1. The van der Waals surface area contributed by atoms with Gasteiger partial charge in [-0.2, -0.15) is 15.0 Å². The van der Waals surface area contributed by atoms with Gasteiger partial charge in [-0.25, -0.2) is 9.97 Å². The predicted molar refractivity (Wildman–Crippen MR) is 139 cm³/mol. The molecular formula is C26H22N8O3. The van der Waals surface area contributed by atoms with Crippen molar-refractivity contribution in [1.82, 2.24) is 19.7 Å². The molecule has 0 aliphatic heterocycles. The number of hydrogen-bond acceptors (Lipinski definition) is 9. The third kappa shape index (κ3) is 5.23. The summed E-state index contributed by atoms with van der Waals surface area (Å²) in [5, 5.41) is 26.9. The zero-order valence-electron chi connectivity index (χ0n) is 19.7. The lowest BCUT2D eigenvalue weighted by atomic mass is 10.0. The summed E-state index contributed by atoms with van der Waals surface area (Å²) in [4.78, 5) is 20.3. The van der Waals surface area contributed by atoms with Crippen molar-refractivity contribution >= 4 is 33.9 Å². The van der Waals surface area contributed by atoms with Crippen molar-refractivity contribution in [2.75, 3.05) is 23.9 Å². The number of nitriles is 1. The number of nitrogens with two attached hydrogens (primary N) is 2. The summed E-state index contributed by atoms with van der Waals surface area (Å²) >= 11 is 0. The highest BCUT2D eigenvalue weighted by Gasteiger charge is 2.17. The second-order valence-corrected chi connectivity index (χ2v) is 7.61. The molecular weight excluding hydrogens is 472 g/mol. The number of hydrogen-bond donors (Lipinski definition) is 4. The smallest absolute Gasteiger partial charge is 0.259 e. The number of nitrogen functional groups attached to an aromatic ring is 2. The van der Waals surface area contributed by atoms with Gasteiger partial charge in [0.2, 0.25) is 0 Å². The molecule has 0 aliphatic carbocycles. The number of benzene rings is 3. The zero-order valence-corrected chi connectivity index (χ0v) is 19.7. The number of nitrogens with zero attached hydrogens (tertiary/aromatic N) is 5. The molecule has 0 fully saturated rings. The molecule has 0 atom stereocenters. The van der Waals surface area contributed by atoms with Crippen LogP contribution in [0.4, 0.5) is 17.2 Å². The van der Waals surface area contributed by atoms with Gasteiger partial charge in [0.1, 0.15) is 23.2 Å². The number of aromatic nitrogens is 4. The Hall–Kier alpha value is -5.63. The Balaban J connectivity index is 0.000000195. The van der Waals surface area contributed by atoms with E-state index in [1.165, 1.54) is 10.9 Å². The van der Waals surface area contributed by atoms with Gasteiger partial charge in [-0.1, -0.05) is 18.2 Å². The largest absolute Gasteiger partial charge is 0.505 e. The van der Waals surface area contributed by atoms with E-state index in [0.29, 0.717) is 28.3 Å². The molecule has 0 unspecified atom stereocenters. The molecule has 3 aromatic carbocycles. The van der Waals surface area contributed by atoms with E-state index in [1.807, 2.05) is 24.3 Å². The topological polar surface area (TPSA) is 178 Å². The molecule has 37 heavy (non-hydrogen) atoms. The van der Waals surface area contributed by atoms with E-state index in [0.717, 1.165) is 5.39 Å². The summed E-state index contributed by atoms with van der Waals surface area (Å²) < 4.78 is 6.50. The first-order valence-electron chi connectivity index (χ1n) is 10.9. The molecule has 2 heterocycles. The summed E-state index contributed by atoms with van der Waals surface area (Å²) in [5.74, 6) is 0.600. The first-order chi connectivity index (χ1) is 17.9. The lowest BCUT2D eigenvalue weighted by Crippen LogP contribution is -2.12. The van der Waals surface area contributed by atoms with Crippen molar-refractivity contribution in [3.8, 4) is 23.5 Å². The van der Waals surface area contributed by atoms with Crippen molar-refractivity contribution in [3.05, 3.63) is 90.4 Å². The van der Waals surface area contributed by atoms with Crippen LogP contribution in [0.1, 0.15) is 15.9 Å². The molecule has 5 aromatic rings. The highest BCUT2D eigenvalue weighted by atomic mass is 16.5. The first kappa shape index (κ1) is 24.5. The van der Waals surface area contributed by atoms with Gasteiger partial charge < -0.3 is 26.6 Å². The second-order valence-electron chi connectivity index (χ2n) is 7.61. The highest BCUT2D eigenvalue weighted by Crippen LogP contribution is 2.35. The van der Waals surface area contributed by atoms with Gasteiger partial charge >= 0.3 is 0 Å². The van der Waals surface area contributed by atoms with E-state index < -0.39 is 5.91 Å². The number of carbonyl (C=O) groups excluding carboxylic acids is 1. The van der Waals surface area contributed by atoms with Gasteiger partial charge in [0.15, 0.2) is 5.75 Å². The molecule has 0 aliphatic rings. The number of phenolic OH excluding ortho intramolecular Hbond substituents is 1. The van der Waals surface area contributed by atoms with E-state index in [1.54, 1.807) is 62.0 Å². The molecule has 11 nitrogen and oxygen atoms in total. The molecule has 11 heteroatoms. The van der Waals surface area contributed by atoms with Gasteiger partial charge in [-0.15, -0.1) is 0 Å². The lowest BCUT2D eigenvalue weighted by Gasteiger charge is -2.12. The Morgan fingerprint density at radius 3 is 2.46 bits per heavy atom. The van der Waals surface area contributed by atoms with Crippen LogP contribution in [0.15, 0.2) is 79.3 Å². The van der Waals surface area contributed by atoms with E-state index in [2.05, 4.69) is 20.4 Å². The third-order valence-corrected chi connectivity index (χ3v) is 5.30. The van der Waals surface area contributed by atoms with E-state index >= 15 is 0 Å². The maximum absolute atomic E-state index is 12.4. The van der Waals surface area contributed by atoms with Crippen LogP contribution in [0, 0.1) is 11.3 Å². The minimum atomic E-state index is -0.426. The molecule has 184 valence electrons. The van der Waals surface area contributed by atoms with Gasteiger partial charge in [0.05, 0.1) is 24.6 Å². The van der Waals surface area contributed by atoms with Crippen LogP contribution in [-0.2, 0) is 0 Å². The van der Waals surface area contributed by atoms with E-state index in [-0.39, 0.29) is 22.8 Å². The van der Waals surface area contributed by atoms with Crippen LogP contribution in [0.25, 0.3) is 16.7 Å². The minimum absolute atomic E-state index is 0.118. The quantitative estimate of drug-likeness (QED) is 0.215. The molecule has 2 aromatic heterocycles. The van der Waals surface area contributed by atoms with Crippen molar-refractivity contribution in [3.63, 3.8) is 0 Å². The monoisotopic (exact) mass is 494 g/mol. The number of aromatic hydroxyl groups is 1. The number of anilines is 3. The Labute approximate surface area is 211 Å². The number of phenols is 1. The van der Waals surface area contributed by atoms with E-state index in [9.17, 15) is 9.90 Å². The minimum Gasteiger partial charge on any atom is -0.505 e. The Bertz CT molecular complexity index is 1600. The normalized spacial score (nSPS) is 10.2. The maximum atomic E-state index is 12.4. The molecule has 0 spiro atoms. The number of methoxy groups -OCH3 is 1. The van der Waals surface area contributed by atoms with Crippen molar-refractivity contribution in [2.45, 2.75) is 0 Å². The molecule has 0 saturated carbocycles. The summed E-state index contributed by atoms with van der Waals surface area (Å²) in [7, 11) is 1.56. The van der Waals surface area contributed by atoms with Gasteiger partial charge in [0, 0.05) is 23.5 Å². The molecule has 0 radical (unpaired) electrons. The summed E-state index contributed by atoms with van der Waals surface area (Å²) in [6, 6.07) is 19.5. The fourth-order valence-corrected chi connectivity index (χ4v) is 3.43. The van der Waals surface area contributed by atoms with Crippen LogP contribution in [0.3, 0.4) is 0 Å². The average Bonchev–Trinajstić information content (AvgIpc) is 3.32. The number of para-hydroxylation sites is 1. The van der Waals surface area contributed by atoms with Crippen molar-refractivity contribution in [1.29, 1.82) is 5.26 Å². The zero-order chi connectivity index (χ0) is 26.4. The molecule has 5 rings (SSSR count). The SMILES string of the molecule is COc1ccc2c(N)c(O)c(C(=O)Nc3ccccc3)cc2c1.N#Cc1cnn(-c2ncccn2)c1N. The van der Waals surface area contributed by atoms with Crippen molar-refractivity contribution in [2.24, 2.45) is 0 Å². The Kier molecular flexibility index (Phi) is 7.11. The highest BCUT2D eigenvalue weighted by molar-refractivity contribution is 6.12. The number of rotatable bonds is 4. The van der Waals surface area contributed by atoms with Gasteiger partial charge in [0.25, 0.3) is 11.9 Å². The van der Waals surface area contributed by atoms with E-state index in [4.69, 9.17) is 21.5 Å². The molecule has 1 amide bonds. The lowest BCUT2D eigenvalue weighted by molar-refractivity contribution is 0.102. The number of nitrogens with one attached hydrogen (secondary N) is 1. The standard InChI is InChI=1S/C18H16N2O3.C8H6N6/c1-23-13-7-8-14-11(9-13)10-15(17(21)16(14)19)18(22)20-12-5-3-2-4-6-12;9-4-6-5-13-14(7(6)10)8-11-2-1-3-12-8/h2-10,21H,19H2,1H3,(H,20,22);1-3,5H,10H2. The number of carbonyl (C=O) groups is 1. The first-order valence-corrected chi connectivity index (χ1v) is 10.9. The summed E-state index contributed by atoms with van der Waals surface area (Å²) in [6.07, 6.45) is 4.54. The molecule has 0 saturated heterocycles. The van der Waals surface area contributed by atoms with Gasteiger partial charge in [-0.05, 0) is 47.9 Å². The third-order valence-electron chi connectivity index (χ3n) is 5.30. The van der Waals surface area contributed by atoms with Crippen LogP contribution in [0.5, 0.6) is 11.5 Å². The Morgan fingerprint density at radius 2 is 1.81 bits per heavy atom. The fourth-order valence-electron chi connectivity index (χ4n) is 3.43. The van der Waals surface area contributed by atoms with Crippen LogP contribution in [0.2, 0.25) is 0 Å². The summed E-state index contributed by atoms with van der Waals surface area (Å²) in [6.45, 7) is 0. The van der Waals surface area contributed by atoms with Crippen LogP contribution < -0.4 is 21.5 Å². The second kappa shape index (κ2) is 10.7. The summed E-state index contributed by atoms with van der Waals surface area (Å²) in [5.41, 5.74) is 12.9. The van der Waals surface area contributed by atoms with Gasteiger partial charge in [-0.3, -0.25) is 4.79 Å². The predicted octanol–water partition coefficient (Wildman–Crippen LogP) is 3.50. The average molecular weight is 495 g/mol. The van der Waals surface area contributed by atoms with Crippen LogP contribution >= 0.6 is 0 Å². The number of ether oxygens (including phenoxy) is 1. The molecule has 6 N–H and O–H groups in total. The Morgan fingerprint density at radius 1 is 1.08 bits per heavy atom. The number of amides is 1. The molecule has 0 bridgehead atoms. The van der Waals surface area contributed by atoms with Crippen molar-refractivity contribution < 1.29 is 14.6 Å². The maximum Gasteiger partial charge on any atom is 0.259 e. The van der Waals surface area contributed by atoms with Crippen LogP contribution in [-0.4, -0.2) is 37.9 Å².